The highest BCUT2D eigenvalue weighted by Crippen LogP contribution is 2.26. The molecule has 1 rings (SSSR count). The van der Waals surface area contributed by atoms with Crippen LogP contribution in [0.5, 0.6) is 0 Å². The van der Waals surface area contributed by atoms with Crippen LogP contribution in [0.1, 0.15) is 63.5 Å². The van der Waals surface area contributed by atoms with E-state index in [2.05, 4.69) is 17.1 Å². The Kier molecular flexibility index (Phi) is 9.64. The van der Waals surface area contributed by atoms with Gasteiger partial charge in [-0.2, -0.15) is 0 Å². The Balaban J connectivity index is 2.35. The van der Waals surface area contributed by atoms with Gasteiger partial charge in [-0.3, -0.25) is 4.79 Å². The maximum absolute atomic E-state index is 12.1. The molecular formula is C18H32N2O2. The third-order valence-corrected chi connectivity index (χ3v) is 3.89. The first-order chi connectivity index (χ1) is 10.6. The third-order valence-electron chi connectivity index (χ3n) is 3.89. The van der Waals surface area contributed by atoms with Crippen molar-refractivity contribution < 1.29 is 9.21 Å². The van der Waals surface area contributed by atoms with Crippen LogP contribution >= 0.6 is 0 Å². The first-order valence-corrected chi connectivity index (χ1v) is 8.58. The van der Waals surface area contributed by atoms with Gasteiger partial charge in [0.05, 0.1) is 6.26 Å². The van der Waals surface area contributed by atoms with Crippen LogP contribution < -0.4 is 5.32 Å². The molecule has 4 heteroatoms. The molecule has 0 aliphatic heterocycles. The van der Waals surface area contributed by atoms with Crippen molar-refractivity contribution in [2.24, 2.45) is 0 Å². The summed E-state index contributed by atoms with van der Waals surface area (Å²) in [6, 6.07) is 3.90. The van der Waals surface area contributed by atoms with Gasteiger partial charge in [-0.15, -0.1) is 0 Å². The molecule has 0 unspecified atom stereocenters. The summed E-state index contributed by atoms with van der Waals surface area (Å²) in [5, 5.41) is 3.02. The van der Waals surface area contributed by atoms with E-state index in [1.165, 1.54) is 19.3 Å². The van der Waals surface area contributed by atoms with Gasteiger partial charge < -0.3 is 14.6 Å². The summed E-state index contributed by atoms with van der Waals surface area (Å²) in [5.74, 6) is 1.29. The van der Waals surface area contributed by atoms with E-state index in [0.717, 1.165) is 38.1 Å². The summed E-state index contributed by atoms with van der Waals surface area (Å²) >= 11 is 0. The minimum absolute atomic E-state index is 0.135. The zero-order valence-corrected chi connectivity index (χ0v) is 14.4. The quantitative estimate of drug-likeness (QED) is 0.598. The molecule has 1 amide bonds. The van der Waals surface area contributed by atoms with Crippen LogP contribution in [0.4, 0.5) is 0 Å². The molecule has 1 heterocycles. The number of unbranched alkanes of at least 4 members (excludes halogenated alkanes) is 3. The lowest BCUT2D eigenvalue weighted by atomic mass is 9.94. The molecule has 0 aliphatic carbocycles. The molecule has 0 radical (unpaired) electrons. The highest BCUT2D eigenvalue weighted by molar-refractivity contribution is 5.76. The van der Waals surface area contributed by atoms with Crippen LogP contribution in [0, 0.1) is 0 Å². The van der Waals surface area contributed by atoms with E-state index in [0.29, 0.717) is 6.42 Å². The van der Waals surface area contributed by atoms with E-state index < -0.39 is 0 Å². The molecule has 0 saturated carbocycles. The Morgan fingerprint density at radius 2 is 2.09 bits per heavy atom. The molecule has 4 nitrogen and oxygen atoms in total. The molecule has 0 fully saturated rings. The smallest absolute Gasteiger partial charge is 0.220 e. The van der Waals surface area contributed by atoms with E-state index in [9.17, 15) is 4.79 Å². The topological polar surface area (TPSA) is 45.5 Å². The number of hydrogen-bond acceptors (Lipinski definition) is 3. The normalized spacial score (nSPS) is 12.5. The molecule has 0 aliphatic rings. The van der Waals surface area contributed by atoms with Crippen LogP contribution in [-0.4, -0.2) is 38.0 Å². The highest BCUT2D eigenvalue weighted by atomic mass is 16.3. The van der Waals surface area contributed by atoms with Gasteiger partial charge in [0.25, 0.3) is 0 Å². The van der Waals surface area contributed by atoms with Gasteiger partial charge in [0.15, 0.2) is 0 Å². The van der Waals surface area contributed by atoms with Crippen molar-refractivity contribution in [1.29, 1.82) is 0 Å². The molecule has 22 heavy (non-hydrogen) atoms. The fourth-order valence-corrected chi connectivity index (χ4v) is 2.61. The fourth-order valence-electron chi connectivity index (χ4n) is 2.61. The summed E-state index contributed by atoms with van der Waals surface area (Å²) in [4.78, 5) is 14.2. The van der Waals surface area contributed by atoms with Crippen molar-refractivity contribution in [3.05, 3.63) is 24.2 Å². The van der Waals surface area contributed by atoms with Crippen molar-refractivity contribution in [1.82, 2.24) is 10.2 Å². The summed E-state index contributed by atoms with van der Waals surface area (Å²) < 4.78 is 5.52. The van der Waals surface area contributed by atoms with Gasteiger partial charge in [0, 0.05) is 18.9 Å². The standard InChI is InChI=1S/C18H32N2O2/c1-4-5-6-7-10-16(17-11-8-14-22-17)15-18(21)19-12-9-13-20(2)3/h8,11,14,16H,4-7,9-10,12-13,15H2,1-3H3,(H,19,21)/t16-/m0/s1. The lowest BCUT2D eigenvalue weighted by Gasteiger charge is -2.15. The summed E-state index contributed by atoms with van der Waals surface area (Å²) in [5.41, 5.74) is 0. The van der Waals surface area contributed by atoms with E-state index in [1.54, 1.807) is 6.26 Å². The number of furan rings is 1. The molecule has 126 valence electrons. The van der Waals surface area contributed by atoms with Gasteiger partial charge in [-0.05, 0) is 45.6 Å². The second kappa shape index (κ2) is 11.3. The minimum Gasteiger partial charge on any atom is -0.469 e. The highest BCUT2D eigenvalue weighted by Gasteiger charge is 2.18. The maximum Gasteiger partial charge on any atom is 0.220 e. The Labute approximate surface area is 135 Å². The summed E-state index contributed by atoms with van der Waals surface area (Å²) in [7, 11) is 4.09. The molecule has 1 aromatic heterocycles. The minimum atomic E-state index is 0.135. The molecule has 1 N–H and O–H groups in total. The Bertz CT molecular complexity index is 388. The number of carbonyl (C=O) groups excluding carboxylic acids is 1. The fraction of sp³-hybridized carbons (Fsp3) is 0.722. The number of rotatable bonds is 12. The third kappa shape index (κ3) is 8.23. The average molecular weight is 308 g/mol. The average Bonchev–Trinajstić information content (AvgIpc) is 3.01. The van der Waals surface area contributed by atoms with Gasteiger partial charge in [-0.25, -0.2) is 0 Å². The van der Waals surface area contributed by atoms with Gasteiger partial charge in [0.2, 0.25) is 5.91 Å². The lowest BCUT2D eigenvalue weighted by molar-refractivity contribution is -0.121. The van der Waals surface area contributed by atoms with Crippen molar-refractivity contribution in [2.75, 3.05) is 27.2 Å². The first kappa shape index (κ1) is 18.8. The molecule has 0 spiro atoms. The van der Waals surface area contributed by atoms with E-state index in [4.69, 9.17) is 4.42 Å². The Morgan fingerprint density at radius 1 is 1.27 bits per heavy atom. The Hall–Kier alpha value is -1.29. The molecule has 0 bridgehead atoms. The number of amides is 1. The Morgan fingerprint density at radius 3 is 2.73 bits per heavy atom. The number of hydrogen-bond donors (Lipinski definition) is 1. The zero-order valence-electron chi connectivity index (χ0n) is 14.4. The van der Waals surface area contributed by atoms with Gasteiger partial charge in [-0.1, -0.05) is 32.6 Å². The van der Waals surface area contributed by atoms with Crippen molar-refractivity contribution >= 4 is 5.91 Å². The van der Waals surface area contributed by atoms with Crippen LogP contribution in [0.2, 0.25) is 0 Å². The van der Waals surface area contributed by atoms with E-state index in [-0.39, 0.29) is 11.8 Å². The molecule has 1 atom stereocenters. The van der Waals surface area contributed by atoms with Crippen molar-refractivity contribution in [2.45, 2.75) is 57.8 Å². The monoisotopic (exact) mass is 308 g/mol. The number of carbonyl (C=O) groups is 1. The summed E-state index contributed by atoms with van der Waals surface area (Å²) in [6.45, 7) is 3.96. The van der Waals surface area contributed by atoms with Crippen LogP contribution in [0.15, 0.2) is 22.8 Å². The van der Waals surface area contributed by atoms with Crippen LogP contribution in [-0.2, 0) is 4.79 Å². The second-order valence-corrected chi connectivity index (χ2v) is 6.27. The van der Waals surface area contributed by atoms with E-state index >= 15 is 0 Å². The van der Waals surface area contributed by atoms with Crippen LogP contribution in [0.3, 0.4) is 0 Å². The van der Waals surface area contributed by atoms with E-state index in [1.807, 2.05) is 26.2 Å². The molecular weight excluding hydrogens is 276 g/mol. The largest absolute Gasteiger partial charge is 0.469 e. The predicted molar refractivity (Wildman–Crippen MR) is 91.0 cm³/mol. The second-order valence-electron chi connectivity index (χ2n) is 6.27. The SMILES string of the molecule is CCCCCC[C@@H](CC(=O)NCCCN(C)C)c1ccco1. The first-order valence-electron chi connectivity index (χ1n) is 8.58. The number of nitrogens with one attached hydrogen (secondary N) is 1. The van der Waals surface area contributed by atoms with Gasteiger partial charge >= 0.3 is 0 Å². The molecule has 1 aromatic rings. The maximum atomic E-state index is 12.1. The molecule has 0 aromatic carbocycles. The van der Waals surface area contributed by atoms with Crippen molar-refractivity contribution in [3.8, 4) is 0 Å². The zero-order chi connectivity index (χ0) is 16.2. The predicted octanol–water partition coefficient (Wildman–Crippen LogP) is 3.79. The molecule has 0 saturated heterocycles. The van der Waals surface area contributed by atoms with Gasteiger partial charge in [0.1, 0.15) is 5.76 Å². The summed E-state index contributed by atoms with van der Waals surface area (Å²) in [6.07, 6.45) is 9.13. The number of nitrogens with zero attached hydrogens (tertiary/aromatic N) is 1. The van der Waals surface area contributed by atoms with Crippen LogP contribution in [0.25, 0.3) is 0 Å². The van der Waals surface area contributed by atoms with Crippen molar-refractivity contribution in [3.63, 3.8) is 0 Å². The lowest BCUT2D eigenvalue weighted by Crippen LogP contribution is -2.28.